The van der Waals surface area contributed by atoms with Gasteiger partial charge in [0.25, 0.3) is 5.91 Å². The SMILES string of the molecule is CC1=CC[C@@H]2C(=O)N(c3cccc(C(=O)Nc4ccc(Cl)c(Cl)c4)c3)C(=O)[C@@H]2C1. The summed E-state index contributed by atoms with van der Waals surface area (Å²) in [6, 6.07) is 11.3. The Morgan fingerprint density at radius 1 is 1.03 bits per heavy atom. The Bertz CT molecular complexity index is 1060. The van der Waals surface area contributed by atoms with E-state index in [1.54, 1.807) is 42.5 Å². The summed E-state index contributed by atoms with van der Waals surface area (Å²) in [6.45, 7) is 1.98. The first-order valence-corrected chi connectivity index (χ1v) is 10.0. The van der Waals surface area contributed by atoms with Gasteiger partial charge in [0.15, 0.2) is 0 Å². The molecule has 1 aliphatic heterocycles. The minimum Gasteiger partial charge on any atom is -0.322 e. The number of anilines is 2. The van der Waals surface area contributed by atoms with Crippen LogP contribution in [0.3, 0.4) is 0 Å². The molecule has 0 unspecified atom stereocenters. The number of fused-ring (bicyclic) bond motifs is 1. The standard InChI is InChI=1S/C22H18Cl2N2O3/c1-12-5-7-16-17(9-12)22(29)26(21(16)28)15-4-2-3-13(10-15)20(27)25-14-6-8-18(23)19(24)11-14/h2-6,8,10-11,16-17H,7,9H2,1H3,(H,25,27)/t16-,17+/m0/s1. The van der Waals surface area contributed by atoms with Crippen LogP contribution in [-0.2, 0) is 9.59 Å². The van der Waals surface area contributed by atoms with Crippen molar-refractivity contribution in [3.05, 3.63) is 69.7 Å². The van der Waals surface area contributed by atoms with E-state index >= 15 is 0 Å². The highest BCUT2D eigenvalue weighted by molar-refractivity contribution is 6.42. The first kappa shape index (κ1) is 19.7. The van der Waals surface area contributed by atoms with Crippen LogP contribution in [0.25, 0.3) is 0 Å². The van der Waals surface area contributed by atoms with Crippen LogP contribution in [0, 0.1) is 11.8 Å². The maximum absolute atomic E-state index is 12.9. The number of rotatable bonds is 3. The molecule has 5 nitrogen and oxygen atoms in total. The highest BCUT2D eigenvalue weighted by Crippen LogP contribution is 2.39. The zero-order chi connectivity index (χ0) is 20.7. The summed E-state index contributed by atoms with van der Waals surface area (Å²) >= 11 is 11.9. The number of nitrogens with zero attached hydrogens (tertiary/aromatic N) is 1. The lowest BCUT2D eigenvalue weighted by molar-refractivity contribution is -0.122. The maximum atomic E-state index is 12.9. The van der Waals surface area contributed by atoms with Crippen molar-refractivity contribution in [3.8, 4) is 0 Å². The molecule has 0 bridgehead atoms. The minimum absolute atomic E-state index is 0.200. The molecular weight excluding hydrogens is 411 g/mol. The van der Waals surface area contributed by atoms with Crippen LogP contribution in [0.15, 0.2) is 54.1 Å². The van der Waals surface area contributed by atoms with E-state index in [9.17, 15) is 14.4 Å². The lowest BCUT2D eigenvalue weighted by Gasteiger charge is -2.18. The van der Waals surface area contributed by atoms with E-state index in [2.05, 4.69) is 5.32 Å². The van der Waals surface area contributed by atoms with Crippen molar-refractivity contribution in [3.63, 3.8) is 0 Å². The van der Waals surface area contributed by atoms with Gasteiger partial charge in [-0.15, -0.1) is 0 Å². The summed E-state index contributed by atoms with van der Waals surface area (Å²) < 4.78 is 0. The van der Waals surface area contributed by atoms with E-state index in [0.29, 0.717) is 39.8 Å². The predicted molar refractivity (Wildman–Crippen MR) is 113 cm³/mol. The average molecular weight is 429 g/mol. The fraction of sp³-hybridized carbons (Fsp3) is 0.227. The van der Waals surface area contributed by atoms with Crippen LogP contribution in [0.4, 0.5) is 11.4 Å². The van der Waals surface area contributed by atoms with Crippen LogP contribution in [0.5, 0.6) is 0 Å². The molecule has 1 N–H and O–H groups in total. The van der Waals surface area contributed by atoms with Crippen LogP contribution in [0.1, 0.15) is 30.1 Å². The number of halogens is 2. The van der Waals surface area contributed by atoms with Crippen molar-refractivity contribution in [2.45, 2.75) is 19.8 Å². The summed E-state index contributed by atoms with van der Waals surface area (Å²) in [5, 5.41) is 3.47. The Labute approximate surface area is 178 Å². The molecule has 1 fully saturated rings. The third kappa shape index (κ3) is 3.68. The Morgan fingerprint density at radius 2 is 1.79 bits per heavy atom. The first-order chi connectivity index (χ1) is 13.8. The van der Waals surface area contributed by atoms with E-state index < -0.39 is 0 Å². The summed E-state index contributed by atoms with van der Waals surface area (Å²) in [5.41, 5.74) is 2.37. The van der Waals surface area contributed by atoms with Gasteiger partial charge in [-0.3, -0.25) is 19.3 Å². The maximum Gasteiger partial charge on any atom is 0.255 e. The molecule has 1 saturated heterocycles. The highest BCUT2D eigenvalue weighted by Gasteiger charge is 2.48. The average Bonchev–Trinajstić information content (AvgIpc) is 2.94. The van der Waals surface area contributed by atoms with Crippen molar-refractivity contribution in [1.29, 1.82) is 0 Å². The number of carbonyl (C=O) groups excluding carboxylic acids is 3. The van der Waals surface area contributed by atoms with Gasteiger partial charge in [-0.2, -0.15) is 0 Å². The van der Waals surface area contributed by atoms with Crippen molar-refractivity contribution >= 4 is 52.3 Å². The zero-order valence-corrected chi connectivity index (χ0v) is 17.1. The molecule has 2 atom stereocenters. The van der Waals surface area contributed by atoms with Gasteiger partial charge in [-0.25, -0.2) is 0 Å². The lowest BCUT2D eigenvalue weighted by atomic mass is 9.82. The molecular formula is C22H18Cl2N2O3. The molecule has 2 aromatic carbocycles. The molecule has 3 amide bonds. The molecule has 0 radical (unpaired) electrons. The molecule has 148 valence electrons. The molecule has 2 aliphatic rings. The van der Waals surface area contributed by atoms with E-state index in [-0.39, 0.29) is 29.6 Å². The number of hydrogen-bond donors (Lipinski definition) is 1. The van der Waals surface area contributed by atoms with Crippen LogP contribution in [0.2, 0.25) is 10.0 Å². The fourth-order valence-electron chi connectivity index (χ4n) is 3.86. The number of nitrogens with one attached hydrogen (secondary N) is 1. The van der Waals surface area contributed by atoms with E-state index in [1.165, 1.54) is 4.90 Å². The van der Waals surface area contributed by atoms with E-state index in [4.69, 9.17) is 23.2 Å². The van der Waals surface area contributed by atoms with Gasteiger partial charge >= 0.3 is 0 Å². The normalized spacial score (nSPS) is 21.1. The van der Waals surface area contributed by atoms with Crippen molar-refractivity contribution in [2.75, 3.05) is 10.2 Å². The number of hydrogen-bond acceptors (Lipinski definition) is 3. The molecule has 29 heavy (non-hydrogen) atoms. The predicted octanol–water partition coefficient (Wildman–Crippen LogP) is 5.09. The highest BCUT2D eigenvalue weighted by atomic mass is 35.5. The molecule has 2 aromatic rings. The number of carbonyl (C=O) groups is 3. The number of allylic oxidation sites excluding steroid dienone is 2. The summed E-state index contributed by atoms with van der Waals surface area (Å²) in [6.07, 6.45) is 3.20. The van der Waals surface area contributed by atoms with Crippen molar-refractivity contribution in [2.24, 2.45) is 11.8 Å². The summed E-state index contributed by atoms with van der Waals surface area (Å²) in [4.78, 5) is 39.6. The van der Waals surface area contributed by atoms with Crippen LogP contribution < -0.4 is 10.2 Å². The largest absolute Gasteiger partial charge is 0.322 e. The summed E-state index contributed by atoms with van der Waals surface area (Å²) in [5.74, 6) is -1.42. The fourth-order valence-corrected chi connectivity index (χ4v) is 4.15. The summed E-state index contributed by atoms with van der Waals surface area (Å²) in [7, 11) is 0. The van der Waals surface area contributed by atoms with Gasteiger partial charge in [-0.1, -0.05) is 40.9 Å². The van der Waals surface area contributed by atoms with Crippen LogP contribution in [-0.4, -0.2) is 17.7 Å². The zero-order valence-electron chi connectivity index (χ0n) is 15.6. The van der Waals surface area contributed by atoms with Crippen molar-refractivity contribution < 1.29 is 14.4 Å². The smallest absolute Gasteiger partial charge is 0.255 e. The number of amides is 3. The molecule has 0 spiro atoms. The molecule has 0 aromatic heterocycles. The number of benzene rings is 2. The van der Waals surface area contributed by atoms with Gasteiger partial charge in [0.05, 0.1) is 27.6 Å². The molecule has 7 heteroatoms. The third-order valence-electron chi connectivity index (χ3n) is 5.37. The first-order valence-electron chi connectivity index (χ1n) is 9.25. The minimum atomic E-state index is -0.376. The Hall–Kier alpha value is -2.63. The Kier molecular flexibility index (Phi) is 5.19. The third-order valence-corrected chi connectivity index (χ3v) is 6.11. The van der Waals surface area contributed by atoms with Gasteiger partial charge in [0.1, 0.15) is 0 Å². The quantitative estimate of drug-likeness (QED) is 0.546. The van der Waals surface area contributed by atoms with Gasteiger partial charge in [0.2, 0.25) is 11.8 Å². The van der Waals surface area contributed by atoms with E-state index in [0.717, 1.165) is 5.57 Å². The monoisotopic (exact) mass is 428 g/mol. The van der Waals surface area contributed by atoms with Crippen LogP contribution >= 0.6 is 23.2 Å². The second-order valence-corrected chi connectivity index (χ2v) is 8.16. The second kappa shape index (κ2) is 7.65. The molecule has 0 saturated carbocycles. The number of imide groups is 1. The molecule has 1 heterocycles. The van der Waals surface area contributed by atoms with Gasteiger partial charge in [-0.05, 0) is 56.2 Å². The second-order valence-electron chi connectivity index (χ2n) is 7.35. The molecule has 4 rings (SSSR count). The van der Waals surface area contributed by atoms with Gasteiger partial charge in [0, 0.05) is 11.3 Å². The Morgan fingerprint density at radius 3 is 2.55 bits per heavy atom. The Balaban J connectivity index is 1.57. The topological polar surface area (TPSA) is 66.5 Å². The lowest BCUT2D eigenvalue weighted by Crippen LogP contribution is -2.31. The van der Waals surface area contributed by atoms with Crippen molar-refractivity contribution in [1.82, 2.24) is 0 Å². The van der Waals surface area contributed by atoms with E-state index in [1.807, 2.05) is 13.0 Å². The van der Waals surface area contributed by atoms with Gasteiger partial charge < -0.3 is 5.32 Å². The molecule has 1 aliphatic carbocycles.